The molecule has 1 atom stereocenters. The van der Waals surface area contributed by atoms with E-state index in [1.807, 2.05) is 0 Å². The summed E-state index contributed by atoms with van der Waals surface area (Å²) in [6.45, 7) is 0. The predicted octanol–water partition coefficient (Wildman–Crippen LogP) is -0.324. The second kappa shape index (κ2) is 7.54. The largest absolute Gasteiger partial charge is 0.550 e. The minimum absolute atomic E-state index is 0.0130. The fourth-order valence-corrected chi connectivity index (χ4v) is 3.42. The maximum atomic E-state index is 12.9. The lowest BCUT2D eigenvalue weighted by Crippen LogP contribution is -2.50. The summed E-state index contributed by atoms with van der Waals surface area (Å²) in [5.74, 6) is -4.13. The Hall–Kier alpha value is -2.26. The second-order valence-electron chi connectivity index (χ2n) is 4.85. The highest BCUT2D eigenvalue weighted by Gasteiger charge is 2.37. The fraction of sp³-hybridized carbons (Fsp3) is 0.200. The number of halogens is 1. The maximum Gasteiger partial charge on any atom is 0.266 e. The van der Waals surface area contributed by atoms with Crippen molar-refractivity contribution in [3.63, 3.8) is 0 Å². The first-order chi connectivity index (χ1) is 11.3. The monoisotopic (exact) mass is 367 g/mol. The van der Waals surface area contributed by atoms with E-state index >= 15 is 0 Å². The highest BCUT2D eigenvalue weighted by molar-refractivity contribution is 8.26. The van der Waals surface area contributed by atoms with Crippen LogP contribution in [0.15, 0.2) is 29.2 Å². The first-order valence-corrected chi connectivity index (χ1v) is 7.95. The fourth-order valence-electron chi connectivity index (χ4n) is 2.07. The van der Waals surface area contributed by atoms with E-state index in [1.54, 1.807) is 0 Å². The molecular formula is C15H10FNO5S2-2. The standard InChI is InChI=1S/C15H12FNO5S2/c16-9-3-1-8(2-4-9)7-11-13(20)17(15(23)24-11)10(14(21)22)5-6-12(18)19/h1-4,7,10H,5-6H2,(H,18,19)(H,21,22)/p-2/b11-7+/t10-/m0/s1. The van der Waals surface area contributed by atoms with Gasteiger partial charge in [-0.15, -0.1) is 0 Å². The summed E-state index contributed by atoms with van der Waals surface area (Å²) < 4.78 is 12.9. The van der Waals surface area contributed by atoms with Crippen molar-refractivity contribution >= 4 is 52.2 Å². The van der Waals surface area contributed by atoms with Gasteiger partial charge in [-0.25, -0.2) is 4.39 Å². The van der Waals surface area contributed by atoms with Crippen molar-refractivity contribution < 1.29 is 29.0 Å². The Morgan fingerprint density at radius 1 is 1.29 bits per heavy atom. The van der Waals surface area contributed by atoms with Crippen LogP contribution >= 0.6 is 24.0 Å². The van der Waals surface area contributed by atoms with Gasteiger partial charge in [-0.05, 0) is 36.6 Å². The lowest BCUT2D eigenvalue weighted by Gasteiger charge is -2.27. The van der Waals surface area contributed by atoms with Crippen molar-refractivity contribution in [2.45, 2.75) is 18.9 Å². The maximum absolute atomic E-state index is 12.9. The van der Waals surface area contributed by atoms with E-state index in [2.05, 4.69) is 0 Å². The summed E-state index contributed by atoms with van der Waals surface area (Å²) in [5.41, 5.74) is 0.539. The molecule has 6 nitrogen and oxygen atoms in total. The number of hydrogen-bond donors (Lipinski definition) is 0. The number of thioether (sulfide) groups is 1. The molecule has 1 aliphatic rings. The highest BCUT2D eigenvalue weighted by Crippen LogP contribution is 2.34. The van der Waals surface area contributed by atoms with Crippen molar-refractivity contribution in [1.82, 2.24) is 4.90 Å². The van der Waals surface area contributed by atoms with Crippen LogP contribution in [0.25, 0.3) is 6.08 Å². The molecule has 1 amide bonds. The summed E-state index contributed by atoms with van der Waals surface area (Å²) in [6, 6.07) is 3.85. The second-order valence-corrected chi connectivity index (χ2v) is 6.52. The number of rotatable bonds is 6. The number of carboxylic acids is 2. The van der Waals surface area contributed by atoms with Gasteiger partial charge in [0, 0.05) is 5.97 Å². The van der Waals surface area contributed by atoms with E-state index in [4.69, 9.17) is 12.2 Å². The van der Waals surface area contributed by atoms with Crippen molar-refractivity contribution in [3.05, 3.63) is 40.6 Å². The number of carbonyl (C=O) groups excluding carboxylic acids is 3. The van der Waals surface area contributed by atoms with Gasteiger partial charge in [0.05, 0.1) is 16.9 Å². The number of amides is 1. The van der Waals surface area contributed by atoms with Crippen molar-refractivity contribution in [3.8, 4) is 0 Å². The number of thiocarbonyl (C=S) groups is 1. The molecule has 126 valence electrons. The molecule has 1 heterocycles. The molecule has 2 rings (SSSR count). The molecule has 1 saturated heterocycles. The third kappa shape index (κ3) is 4.18. The van der Waals surface area contributed by atoms with Crippen LogP contribution in [0.1, 0.15) is 18.4 Å². The Kier molecular flexibility index (Phi) is 5.68. The van der Waals surface area contributed by atoms with Crippen molar-refractivity contribution in [1.29, 1.82) is 0 Å². The third-order valence-electron chi connectivity index (χ3n) is 3.20. The van der Waals surface area contributed by atoms with Gasteiger partial charge in [-0.3, -0.25) is 9.69 Å². The number of nitrogens with zero attached hydrogens (tertiary/aromatic N) is 1. The molecule has 0 saturated carbocycles. The quantitative estimate of drug-likeness (QED) is 0.501. The molecule has 0 spiro atoms. The Bertz CT molecular complexity index is 732. The SMILES string of the molecule is O=C([O-])CC[C@@H](C(=O)[O-])N1C(=O)/C(=C\c2ccc(F)cc2)SC1=S. The zero-order valence-corrected chi connectivity index (χ0v) is 13.7. The minimum atomic E-state index is -1.60. The molecular weight excluding hydrogens is 357 g/mol. The van der Waals surface area contributed by atoms with Crippen LogP contribution in [0.3, 0.4) is 0 Å². The van der Waals surface area contributed by atoms with E-state index in [9.17, 15) is 29.0 Å². The number of carbonyl (C=O) groups is 3. The predicted molar refractivity (Wildman–Crippen MR) is 84.4 cm³/mol. The zero-order chi connectivity index (χ0) is 17.9. The van der Waals surface area contributed by atoms with E-state index < -0.39 is 36.1 Å². The van der Waals surface area contributed by atoms with Crippen LogP contribution < -0.4 is 10.2 Å². The molecule has 0 bridgehead atoms. The number of aliphatic carboxylic acids is 2. The van der Waals surface area contributed by atoms with E-state index in [0.29, 0.717) is 5.56 Å². The van der Waals surface area contributed by atoms with E-state index in [1.165, 1.54) is 30.3 Å². The topological polar surface area (TPSA) is 101 Å². The third-order valence-corrected chi connectivity index (χ3v) is 4.53. The van der Waals surface area contributed by atoms with Crippen LogP contribution in [0.2, 0.25) is 0 Å². The summed E-state index contributed by atoms with van der Waals surface area (Å²) in [7, 11) is 0. The van der Waals surface area contributed by atoms with Crippen LogP contribution in [0.4, 0.5) is 4.39 Å². The number of carboxylic acid groups (broad SMARTS) is 2. The first kappa shape index (κ1) is 18.1. The summed E-state index contributed by atoms with van der Waals surface area (Å²) in [5, 5.41) is 21.8. The van der Waals surface area contributed by atoms with Gasteiger partial charge in [0.1, 0.15) is 10.1 Å². The lowest BCUT2D eigenvalue weighted by molar-refractivity contribution is -0.311. The van der Waals surface area contributed by atoms with E-state index in [-0.39, 0.29) is 15.6 Å². The Labute approximate surface area is 146 Å². The summed E-state index contributed by atoms with van der Waals surface area (Å²) in [4.78, 5) is 35.2. The number of hydrogen-bond acceptors (Lipinski definition) is 7. The smallest absolute Gasteiger partial charge is 0.266 e. The average molecular weight is 367 g/mol. The highest BCUT2D eigenvalue weighted by atomic mass is 32.2. The molecule has 1 aromatic rings. The Morgan fingerprint density at radius 2 is 1.92 bits per heavy atom. The van der Waals surface area contributed by atoms with Gasteiger partial charge in [-0.2, -0.15) is 0 Å². The minimum Gasteiger partial charge on any atom is -0.550 e. The zero-order valence-electron chi connectivity index (χ0n) is 12.1. The van der Waals surface area contributed by atoms with Crippen LogP contribution in [-0.2, 0) is 14.4 Å². The number of benzene rings is 1. The normalized spacial score (nSPS) is 17.4. The summed E-state index contributed by atoms with van der Waals surface area (Å²) >= 11 is 5.90. The van der Waals surface area contributed by atoms with Crippen molar-refractivity contribution in [2.75, 3.05) is 0 Å². The molecule has 1 fully saturated rings. The van der Waals surface area contributed by atoms with Gasteiger partial charge in [-0.1, -0.05) is 36.1 Å². The van der Waals surface area contributed by atoms with Gasteiger partial charge in [0.25, 0.3) is 5.91 Å². The van der Waals surface area contributed by atoms with Gasteiger partial charge < -0.3 is 19.8 Å². The average Bonchev–Trinajstić information content (AvgIpc) is 2.77. The first-order valence-electron chi connectivity index (χ1n) is 6.73. The molecule has 0 aliphatic carbocycles. The molecule has 0 unspecified atom stereocenters. The molecule has 0 aromatic heterocycles. The summed E-state index contributed by atoms with van der Waals surface area (Å²) in [6.07, 6.45) is 0.525. The molecule has 0 radical (unpaired) electrons. The van der Waals surface area contributed by atoms with Gasteiger partial charge in [0.2, 0.25) is 0 Å². The van der Waals surface area contributed by atoms with Crippen LogP contribution in [0.5, 0.6) is 0 Å². The molecule has 1 aromatic carbocycles. The molecule has 9 heteroatoms. The lowest BCUT2D eigenvalue weighted by atomic mass is 10.1. The molecule has 1 aliphatic heterocycles. The molecule has 0 N–H and O–H groups in total. The van der Waals surface area contributed by atoms with Crippen molar-refractivity contribution in [2.24, 2.45) is 0 Å². The Morgan fingerprint density at radius 3 is 2.46 bits per heavy atom. The van der Waals surface area contributed by atoms with E-state index in [0.717, 1.165) is 16.7 Å². The Balaban J connectivity index is 2.24. The van der Waals surface area contributed by atoms with Gasteiger partial charge >= 0.3 is 0 Å². The van der Waals surface area contributed by atoms with Gasteiger partial charge in [0.15, 0.2) is 0 Å². The van der Waals surface area contributed by atoms with Crippen LogP contribution in [-0.4, -0.2) is 33.1 Å². The molecule has 24 heavy (non-hydrogen) atoms. The van der Waals surface area contributed by atoms with Crippen LogP contribution in [0, 0.1) is 5.82 Å².